The molecule has 0 bridgehead atoms. The van der Waals surface area contributed by atoms with Crippen LogP contribution in [0.2, 0.25) is 0 Å². The van der Waals surface area contributed by atoms with Crippen molar-refractivity contribution in [2.45, 2.75) is 31.5 Å². The van der Waals surface area contributed by atoms with Gasteiger partial charge in [0.1, 0.15) is 10.9 Å². The van der Waals surface area contributed by atoms with Crippen molar-refractivity contribution in [2.24, 2.45) is 0 Å². The number of nitrogens with one attached hydrogen (secondary N) is 1. The number of rotatable bonds is 4. The van der Waals surface area contributed by atoms with Crippen molar-refractivity contribution in [2.75, 3.05) is 7.11 Å². The molecule has 1 saturated carbocycles. The van der Waals surface area contributed by atoms with Gasteiger partial charge in [0.25, 0.3) is 0 Å². The van der Waals surface area contributed by atoms with Gasteiger partial charge < -0.3 is 10.1 Å². The minimum absolute atomic E-state index is 0.445. The first-order valence-corrected chi connectivity index (χ1v) is 5.88. The van der Waals surface area contributed by atoms with Crippen LogP contribution in [0.25, 0.3) is 0 Å². The minimum atomic E-state index is 0.445. The predicted octanol–water partition coefficient (Wildman–Crippen LogP) is 1.89. The maximum atomic E-state index is 8.68. The van der Waals surface area contributed by atoms with Crippen LogP contribution in [0, 0.1) is 11.3 Å². The van der Waals surface area contributed by atoms with Crippen molar-refractivity contribution in [1.82, 2.24) is 5.32 Å². The van der Waals surface area contributed by atoms with E-state index in [0.29, 0.717) is 12.1 Å². The van der Waals surface area contributed by atoms with Crippen LogP contribution in [0.15, 0.2) is 12.1 Å². The molecular formula is C11H14N2OS. The quantitative estimate of drug-likeness (QED) is 0.846. The zero-order valence-electron chi connectivity index (χ0n) is 8.69. The minimum Gasteiger partial charge on any atom is -0.381 e. The standard InChI is InChI=1S/C11H14N2OS/c1-14-9-4-8(5-9)13-7-11-3-2-10(6-12)15-11/h2-3,8-9,13H,4-5,7H2,1H3. The summed E-state index contributed by atoms with van der Waals surface area (Å²) in [6.07, 6.45) is 2.65. The summed E-state index contributed by atoms with van der Waals surface area (Å²) in [6.45, 7) is 0.868. The van der Waals surface area contributed by atoms with E-state index in [2.05, 4.69) is 11.4 Å². The molecule has 1 heterocycles. The van der Waals surface area contributed by atoms with Crippen molar-refractivity contribution in [3.05, 3.63) is 21.9 Å². The maximum absolute atomic E-state index is 8.68. The third kappa shape index (κ3) is 2.57. The first kappa shape index (κ1) is 10.6. The van der Waals surface area contributed by atoms with E-state index in [1.807, 2.05) is 12.1 Å². The van der Waals surface area contributed by atoms with Gasteiger partial charge in [-0.3, -0.25) is 0 Å². The summed E-state index contributed by atoms with van der Waals surface area (Å²) in [5.41, 5.74) is 0. The van der Waals surface area contributed by atoms with Gasteiger partial charge in [0.2, 0.25) is 0 Å². The van der Waals surface area contributed by atoms with Gasteiger partial charge in [-0.15, -0.1) is 11.3 Å². The van der Waals surface area contributed by atoms with Crippen molar-refractivity contribution >= 4 is 11.3 Å². The molecular weight excluding hydrogens is 208 g/mol. The Morgan fingerprint density at radius 3 is 3.00 bits per heavy atom. The maximum Gasteiger partial charge on any atom is 0.110 e. The van der Waals surface area contributed by atoms with Gasteiger partial charge in [-0.1, -0.05) is 0 Å². The average Bonchev–Trinajstić information content (AvgIpc) is 2.64. The fourth-order valence-corrected chi connectivity index (χ4v) is 2.46. The van der Waals surface area contributed by atoms with Crippen LogP contribution in [0.4, 0.5) is 0 Å². The van der Waals surface area contributed by atoms with Gasteiger partial charge in [-0.05, 0) is 25.0 Å². The Morgan fingerprint density at radius 2 is 2.40 bits per heavy atom. The second kappa shape index (κ2) is 4.75. The molecule has 0 unspecified atom stereocenters. The molecule has 2 rings (SSSR count). The lowest BCUT2D eigenvalue weighted by atomic mass is 9.89. The number of ether oxygens (including phenoxy) is 1. The highest BCUT2D eigenvalue weighted by atomic mass is 32.1. The second-order valence-electron chi connectivity index (χ2n) is 3.78. The molecule has 0 radical (unpaired) electrons. The Labute approximate surface area is 93.7 Å². The lowest BCUT2D eigenvalue weighted by Gasteiger charge is -2.34. The van der Waals surface area contributed by atoms with E-state index >= 15 is 0 Å². The van der Waals surface area contributed by atoms with Crippen LogP contribution in [0.1, 0.15) is 22.6 Å². The smallest absolute Gasteiger partial charge is 0.110 e. The van der Waals surface area contributed by atoms with E-state index in [-0.39, 0.29) is 0 Å². The molecule has 0 aliphatic heterocycles. The van der Waals surface area contributed by atoms with Crippen molar-refractivity contribution in [3.63, 3.8) is 0 Å². The van der Waals surface area contributed by atoms with Gasteiger partial charge >= 0.3 is 0 Å². The molecule has 1 aliphatic rings. The Kier molecular flexibility index (Phi) is 3.37. The highest BCUT2D eigenvalue weighted by Gasteiger charge is 2.28. The number of hydrogen-bond acceptors (Lipinski definition) is 4. The SMILES string of the molecule is COC1CC(NCc2ccc(C#N)s2)C1. The summed E-state index contributed by atoms with van der Waals surface area (Å²) < 4.78 is 5.21. The van der Waals surface area contributed by atoms with Crippen LogP contribution >= 0.6 is 11.3 Å². The van der Waals surface area contributed by atoms with E-state index in [4.69, 9.17) is 10.00 Å². The van der Waals surface area contributed by atoms with Gasteiger partial charge in [0, 0.05) is 24.6 Å². The number of nitriles is 1. The van der Waals surface area contributed by atoms with E-state index in [9.17, 15) is 0 Å². The van der Waals surface area contributed by atoms with Crippen molar-refractivity contribution in [1.29, 1.82) is 5.26 Å². The molecule has 1 aliphatic carbocycles. The molecule has 1 N–H and O–H groups in total. The summed E-state index contributed by atoms with van der Waals surface area (Å²) in [5.74, 6) is 0. The zero-order chi connectivity index (χ0) is 10.7. The van der Waals surface area contributed by atoms with Crippen LogP contribution in [0.3, 0.4) is 0 Å². The summed E-state index contributed by atoms with van der Waals surface area (Å²) in [7, 11) is 1.76. The molecule has 80 valence electrons. The molecule has 0 atom stereocenters. The molecule has 0 amide bonds. The number of hydrogen-bond donors (Lipinski definition) is 1. The number of thiophene rings is 1. The van der Waals surface area contributed by atoms with E-state index in [1.54, 1.807) is 18.4 Å². The Bertz CT molecular complexity index is 363. The number of nitrogens with zero attached hydrogens (tertiary/aromatic N) is 1. The largest absolute Gasteiger partial charge is 0.381 e. The molecule has 1 aromatic rings. The molecule has 4 heteroatoms. The molecule has 15 heavy (non-hydrogen) atoms. The topological polar surface area (TPSA) is 45.0 Å². The number of methoxy groups -OCH3 is 1. The summed E-state index contributed by atoms with van der Waals surface area (Å²) in [6, 6.07) is 6.63. The van der Waals surface area contributed by atoms with E-state index < -0.39 is 0 Å². The first-order valence-electron chi connectivity index (χ1n) is 5.07. The molecule has 1 aromatic heterocycles. The Balaban J connectivity index is 1.73. The van der Waals surface area contributed by atoms with Crippen molar-refractivity contribution < 1.29 is 4.74 Å². The lowest BCUT2D eigenvalue weighted by Crippen LogP contribution is -2.44. The van der Waals surface area contributed by atoms with Crippen LogP contribution in [-0.2, 0) is 11.3 Å². The highest BCUT2D eigenvalue weighted by molar-refractivity contribution is 7.12. The highest BCUT2D eigenvalue weighted by Crippen LogP contribution is 2.23. The third-order valence-corrected chi connectivity index (χ3v) is 3.75. The fraction of sp³-hybridized carbons (Fsp3) is 0.545. The first-order chi connectivity index (χ1) is 7.31. The molecule has 0 spiro atoms. The van der Waals surface area contributed by atoms with E-state index in [0.717, 1.165) is 24.3 Å². The molecule has 1 fully saturated rings. The fourth-order valence-electron chi connectivity index (χ4n) is 1.70. The van der Waals surface area contributed by atoms with Crippen molar-refractivity contribution in [3.8, 4) is 6.07 Å². The van der Waals surface area contributed by atoms with Gasteiger partial charge in [0.15, 0.2) is 0 Å². The van der Waals surface area contributed by atoms with Crippen LogP contribution in [0.5, 0.6) is 0 Å². The normalized spacial score (nSPS) is 24.5. The van der Waals surface area contributed by atoms with Gasteiger partial charge in [-0.2, -0.15) is 5.26 Å². The average molecular weight is 222 g/mol. The molecule has 0 aromatic carbocycles. The van der Waals surface area contributed by atoms with Gasteiger partial charge in [0.05, 0.1) is 6.10 Å². The summed E-state index contributed by atoms with van der Waals surface area (Å²) >= 11 is 1.56. The monoisotopic (exact) mass is 222 g/mol. The Morgan fingerprint density at radius 1 is 1.60 bits per heavy atom. The van der Waals surface area contributed by atoms with Gasteiger partial charge in [-0.25, -0.2) is 0 Å². The Hall–Kier alpha value is -0.890. The second-order valence-corrected chi connectivity index (χ2v) is 4.95. The van der Waals surface area contributed by atoms with E-state index in [1.165, 1.54) is 4.88 Å². The van der Waals surface area contributed by atoms with Crippen LogP contribution in [-0.4, -0.2) is 19.3 Å². The zero-order valence-corrected chi connectivity index (χ0v) is 9.51. The summed E-state index contributed by atoms with van der Waals surface area (Å²) in [4.78, 5) is 2.02. The lowest BCUT2D eigenvalue weighted by molar-refractivity contribution is 0.0170. The summed E-state index contributed by atoms with van der Waals surface area (Å²) in [5, 5.41) is 12.1. The van der Waals surface area contributed by atoms with Crippen LogP contribution < -0.4 is 5.32 Å². The molecule has 0 saturated heterocycles. The molecule has 3 nitrogen and oxygen atoms in total. The predicted molar refractivity (Wildman–Crippen MR) is 59.7 cm³/mol. The third-order valence-electron chi connectivity index (χ3n) is 2.76.